The average Bonchev–Trinajstić information content (AvgIpc) is 3.53. The second kappa shape index (κ2) is 44.1. The monoisotopic (exact) mass is 886 g/mol. The predicted molar refractivity (Wildman–Crippen MR) is 237 cm³/mol. The highest BCUT2D eigenvalue weighted by Gasteiger charge is 2.34. The first-order valence-corrected chi connectivity index (χ1v) is 23.6. The molecular weight excluding hydrogens is 803 g/mol. The predicted octanol–water partition coefficient (Wildman–Crippen LogP) is 6.57. The number of hydrogen-bond donors (Lipinski definition) is 0. The number of carbonyl (C=O) groups excluding carboxylic acids is 2. The average molecular weight is 886 g/mol. The summed E-state index contributed by atoms with van der Waals surface area (Å²) in [6.07, 6.45) is 17.7. The minimum Gasteiger partial charge on any atom is -0.379 e. The lowest BCUT2D eigenvalue weighted by molar-refractivity contribution is -0.0284. The number of amides is 2. The van der Waals surface area contributed by atoms with Crippen molar-refractivity contribution >= 4 is 11.8 Å². The van der Waals surface area contributed by atoms with Gasteiger partial charge in [0.05, 0.1) is 170 Å². The second-order valence-corrected chi connectivity index (χ2v) is 14.9. The minimum atomic E-state index is -0.277. The van der Waals surface area contributed by atoms with Crippen LogP contribution in [-0.2, 0) is 56.8 Å². The molecule has 1 aliphatic rings. The van der Waals surface area contributed by atoms with Gasteiger partial charge in [-0.1, -0.05) is 96.1 Å². The number of ether oxygens (including phenoxy) is 12. The number of unbranched alkanes of at least 4 members (excludes halogenated alkanes) is 12. The van der Waals surface area contributed by atoms with Gasteiger partial charge in [-0.3, -0.25) is 14.5 Å². The van der Waals surface area contributed by atoms with Crippen molar-refractivity contribution in [1.29, 1.82) is 0 Å². The molecule has 1 heterocycles. The fraction of sp³-hybridized carbons (Fsp3) is 0.830. The van der Waals surface area contributed by atoms with Crippen molar-refractivity contribution in [3.63, 3.8) is 0 Å². The van der Waals surface area contributed by atoms with E-state index in [4.69, 9.17) is 56.8 Å². The number of fused-ring (bicyclic) bond motifs is 1. The van der Waals surface area contributed by atoms with Crippen LogP contribution in [0.1, 0.15) is 111 Å². The van der Waals surface area contributed by atoms with Gasteiger partial charge in [-0.2, -0.15) is 0 Å². The van der Waals surface area contributed by atoms with Crippen molar-refractivity contribution in [2.45, 2.75) is 90.4 Å². The van der Waals surface area contributed by atoms with Crippen LogP contribution in [0.5, 0.6) is 0 Å². The molecule has 360 valence electrons. The summed E-state index contributed by atoms with van der Waals surface area (Å²) in [4.78, 5) is 25.9. The first-order chi connectivity index (χ1) is 30.8. The molecule has 1 aliphatic heterocycles. The number of carbonyl (C=O) groups is 2. The third kappa shape index (κ3) is 32.5. The first kappa shape index (κ1) is 56.0. The Morgan fingerprint density at radius 2 is 0.532 bits per heavy atom. The van der Waals surface area contributed by atoms with Gasteiger partial charge in [0.2, 0.25) is 0 Å². The number of benzene rings is 1. The zero-order valence-electron chi connectivity index (χ0n) is 38.3. The van der Waals surface area contributed by atoms with Gasteiger partial charge in [0.25, 0.3) is 11.8 Å². The number of rotatable bonds is 50. The highest BCUT2D eigenvalue weighted by Crippen LogP contribution is 2.22. The quantitative estimate of drug-likeness (QED) is 0.0513. The van der Waals surface area contributed by atoms with Crippen LogP contribution in [0.4, 0.5) is 0 Å². The molecule has 0 spiro atoms. The van der Waals surface area contributed by atoms with Crippen molar-refractivity contribution < 1.29 is 66.4 Å². The lowest BCUT2D eigenvalue weighted by atomic mass is 10.0. The number of hydrogen-bond acceptors (Lipinski definition) is 14. The van der Waals surface area contributed by atoms with Gasteiger partial charge >= 0.3 is 0 Å². The largest absolute Gasteiger partial charge is 0.379 e. The molecule has 0 aliphatic carbocycles. The van der Waals surface area contributed by atoms with Crippen LogP contribution in [0.2, 0.25) is 0 Å². The van der Waals surface area contributed by atoms with Crippen molar-refractivity contribution in [2.24, 2.45) is 0 Å². The van der Waals surface area contributed by atoms with Gasteiger partial charge in [0, 0.05) is 6.61 Å². The Labute approximate surface area is 373 Å². The summed E-state index contributed by atoms with van der Waals surface area (Å²) >= 11 is 0. The van der Waals surface area contributed by atoms with E-state index >= 15 is 0 Å². The maximum Gasteiger partial charge on any atom is 0.261 e. The summed E-state index contributed by atoms with van der Waals surface area (Å²) in [5.41, 5.74) is 0.885. The minimum absolute atomic E-state index is 0.214. The van der Waals surface area contributed by atoms with Crippen LogP contribution in [0, 0.1) is 0 Å². The van der Waals surface area contributed by atoms with E-state index in [0.29, 0.717) is 156 Å². The van der Waals surface area contributed by atoms with E-state index in [2.05, 4.69) is 6.92 Å². The molecule has 15 nitrogen and oxygen atoms in total. The summed E-state index contributed by atoms with van der Waals surface area (Å²) in [6.45, 7) is 14.5. The van der Waals surface area contributed by atoms with Crippen molar-refractivity contribution in [1.82, 2.24) is 4.90 Å². The fourth-order valence-electron chi connectivity index (χ4n) is 6.34. The Morgan fingerprint density at radius 1 is 0.306 bits per heavy atom. The Morgan fingerprint density at radius 3 is 0.806 bits per heavy atom. The van der Waals surface area contributed by atoms with E-state index in [1.165, 1.54) is 81.9 Å². The van der Waals surface area contributed by atoms with E-state index in [1.54, 1.807) is 24.3 Å². The van der Waals surface area contributed by atoms with E-state index < -0.39 is 0 Å². The van der Waals surface area contributed by atoms with Crippen molar-refractivity contribution in [3.05, 3.63) is 35.4 Å². The highest BCUT2D eigenvalue weighted by atomic mass is 16.6. The van der Waals surface area contributed by atoms with Gasteiger partial charge in [0.15, 0.2) is 0 Å². The van der Waals surface area contributed by atoms with E-state index in [9.17, 15) is 9.59 Å². The third-order valence-electron chi connectivity index (χ3n) is 9.82. The molecule has 15 heteroatoms. The summed E-state index contributed by atoms with van der Waals surface area (Å²) in [7, 11) is 0. The summed E-state index contributed by atoms with van der Waals surface area (Å²) in [5, 5.41) is 0. The van der Waals surface area contributed by atoms with Gasteiger partial charge in [-0.05, 0) is 18.6 Å². The lowest BCUT2D eigenvalue weighted by Gasteiger charge is -2.13. The van der Waals surface area contributed by atoms with Gasteiger partial charge < -0.3 is 56.8 Å². The Balaban J connectivity index is 1.13. The lowest BCUT2D eigenvalue weighted by Crippen LogP contribution is -2.33. The maximum absolute atomic E-state index is 12.3. The second-order valence-electron chi connectivity index (χ2n) is 14.9. The molecule has 62 heavy (non-hydrogen) atoms. The normalized spacial score (nSPS) is 12.6. The Kier molecular flexibility index (Phi) is 39.8. The van der Waals surface area contributed by atoms with Gasteiger partial charge in [-0.25, -0.2) is 0 Å². The van der Waals surface area contributed by atoms with Crippen LogP contribution in [0.15, 0.2) is 24.3 Å². The number of nitrogens with zero attached hydrogens (tertiary/aromatic N) is 1. The molecule has 0 N–H and O–H groups in total. The SMILES string of the molecule is CCCCCCCCCCCCCCCOCCOCCOCCOCCOCCOCCOCCOCCOCCOCCOCCOCCN1C(=O)c2ccccc2C1=O. The van der Waals surface area contributed by atoms with E-state index in [0.717, 1.165) is 13.0 Å². The molecule has 0 radical (unpaired) electrons. The summed E-state index contributed by atoms with van der Waals surface area (Å²) < 4.78 is 66.4. The van der Waals surface area contributed by atoms with Gasteiger partial charge in [-0.15, -0.1) is 0 Å². The molecule has 0 saturated carbocycles. The number of imide groups is 1. The molecule has 2 rings (SSSR count). The molecule has 1 aromatic carbocycles. The van der Waals surface area contributed by atoms with Crippen LogP contribution < -0.4 is 0 Å². The molecule has 0 unspecified atom stereocenters. The highest BCUT2D eigenvalue weighted by molar-refractivity contribution is 6.21. The van der Waals surface area contributed by atoms with Crippen LogP contribution in [-0.4, -0.2) is 182 Å². The fourth-order valence-corrected chi connectivity index (χ4v) is 6.34. The topological polar surface area (TPSA) is 148 Å². The zero-order chi connectivity index (χ0) is 44.1. The molecule has 0 saturated heterocycles. The third-order valence-corrected chi connectivity index (χ3v) is 9.82. The summed E-state index contributed by atoms with van der Waals surface area (Å²) in [6, 6.07) is 6.83. The Bertz CT molecular complexity index is 1110. The summed E-state index contributed by atoms with van der Waals surface area (Å²) in [5.74, 6) is -0.554. The molecular formula is C47H83NO14. The Hall–Kier alpha value is -2.12. The van der Waals surface area contributed by atoms with Crippen LogP contribution in [0.3, 0.4) is 0 Å². The van der Waals surface area contributed by atoms with E-state index in [1.807, 2.05) is 0 Å². The van der Waals surface area contributed by atoms with Crippen molar-refractivity contribution in [3.8, 4) is 0 Å². The molecule has 0 aromatic heterocycles. The molecule has 2 amide bonds. The molecule has 0 atom stereocenters. The zero-order valence-corrected chi connectivity index (χ0v) is 38.3. The first-order valence-electron chi connectivity index (χ1n) is 23.6. The molecule has 1 aromatic rings. The van der Waals surface area contributed by atoms with Crippen LogP contribution in [0.25, 0.3) is 0 Å². The van der Waals surface area contributed by atoms with Crippen LogP contribution >= 0.6 is 0 Å². The van der Waals surface area contributed by atoms with Gasteiger partial charge in [0.1, 0.15) is 0 Å². The van der Waals surface area contributed by atoms with E-state index in [-0.39, 0.29) is 25.0 Å². The molecule has 0 bridgehead atoms. The molecule has 0 fully saturated rings. The maximum atomic E-state index is 12.3. The smallest absolute Gasteiger partial charge is 0.261 e. The van der Waals surface area contributed by atoms with Crippen molar-refractivity contribution in [2.75, 3.05) is 165 Å². The standard InChI is InChI=1S/C47H83NO14/c1-2-3-4-5-6-7-8-9-10-11-12-13-16-20-51-22-24-53-26-28-55-30-32-57-34-36-59-38-40-61-42-43-62-41-39-60-37-35-58-33-31-56-29-27-54-25-23-52-21-19-48-46(49)44-17-14-15-18-45(44)47(48)50/h14-15,17-18H,2-13,16,19-43H2,1H3.